The highest BCUT2D eigenvalue weighted by Gasteiger charge is 2.12. The van der Waals surface area contributed by atoms with Crippen molar-refractivity contribution < 1.29 is 19.4 Å². The first-order valence-corrected chi connectivity index (χ1v) is 8.51. The molecule has 6 heteroatoms. The van der Waals surface area contributed by atoms with Gasteiger partial charge in [0.15, 0.2) is 18.1 Å². The van der Waals surface area contributed by atoms with Crippen LogP contribution in [0.15, 0.2) is 42.5 Å². The van der Waals surface area contributed by atoms with Gasteiger partial charge in [0.25, 0.3) is 5.91 Å². The van der Waals surface area contributed by atoms with E-state index in [1.165, 1.54) is 0 Å². The number of aliphatic hydroxyl groups is 1. The molecule has 0 heterocycles. The number of nitrogens with one attached hydrogen (secondary N) is 1. The minimum Gasteiger partial charge on any atom is -0.490 e. The maximum atomic E-state index is 11.9. The molecule has 0 aliphatic heterocycles. The summed E-state index contributed by atoms with van der Waals surface area (Å²) in [5.41, 5.74) is 1.71. The van der Waals surface area contributed by atoms with Gasteiger partial charge in [0.05, 0.1) is 18.2 Å². The fourth-order valence-electron chi connectivity index (χ4n) is 2.26. The van der Waals surface area contributed by atoms with E-state index in [1.807, 2.05) is 37.3 Å². The number of amides is 1. The molecule has 0 atom stereocenters. The van der Waals surface area contributed by atoms with Gasteiger partial charge in [0, 0.05) is 12.6 Å². The Kier molecular flexibility index (Phi) is 7.57. The van der Waals surface area contributed by atoms with Gasteiger partial charge in [-0.2, -0.15) is 0 Å². The molecule has 0 saturated heterocycles. The summed E-state index contributed by atoms with van der Waals surface area (Å²) in [4.78, 5) is 11.9. The predicted octanol–water partition coefficient (Wildman–Crippen LogP) is 2.97. The van der Waals surface area contributed by atoms with Crippen LogP contribution in [0, 0.1) is 0 Å². The Balaban J connectivity index is 1.87. The molecule has 2 N–H and O–H groups in total. The molecule has 0 saturated carbocycles. The van der Waals surface area contributed by atoms with E-state index in [4.69, 9.17) is 21.1 Å². The van der Waals surface area contributed by atoms with E-state index in [2.05, 4.69) is 5.32 Å². The van der Waals surface area contributed by atoms with E-state index in [9.17, 15) is 9.90 Å². The fourth-order valence-corrected chi connectivity index (χ4v) is 2.48. The molecular weight excluding hydrogens is 342 g/mol. The summed E-state index contributed by atoms with van der Waals surface area (Å²) in [5, 5.41) is 12.4. The summed E-state index contributed by atoms with van der Waals surface area (Å²) in [5.74, 6) is 0.607. The molecule has 5 nitrogen and oxygen atoms in total. The summed E-state index contributed by atoms with van der Waals surface area (Å²) in [7, 11) is 0. The Morgan fingerprint density at radius 3 is 2.56 bits per heavy atom. The van der Waals surface area contributed by atoms with Gasteiger partial charge >= 0.3 is 0 Å². The highest BCUT2D eigenvalue weighted by atomic mass is 35.5. The van der Waals surface area contributed by atoms with E-state index >= 15 is 0 Å². The molecule has 25 heavy (non-hydrogen) atoms. The second-order valence-electron chi connectivity index (χ2n) is 5.36. The lowest BCUT2D eigenvalue weighted by Gasteiger charge is -2.14. The van der Waals surface area contributed by atoms with Crippen LogP contribution in [0.2, 0.25) is 5.02 Å². The number of ether oxygens (including phenoxy) is 2. The Labute approximate surface area is 152 Å². The number of benzene rings is 2. The van der Waals surface area contributed by atoms with E-state index in [0.29, 0.717) is 35.2 Å². The summed E-state index contributed by atoms with van der Waals surface area (Å²) < 4.78 is 11.0. The average Bonchev–Trinajstić information content (AvgIpc) is 2.62. The van der Waals surface area contributed by atoms with Gasteiger partial charge in [-0.05, 0) is 30.5 Å². The standard InChI is InChI=1S/C19H22ClNO4/c1-2-24-17-10-15(12-22)16(20)11-18(17)25-13-19(23)21-9-8-14-6-4-3-5-7-14/h3-7,10-11,22H,2,8-9,12-13H2,1H3,(H,21,23). The summed E-state index contributed by atoms with van der Waals surface area (Å²) in [6, 6.07) is 13.1. The third-order valence-electron chi connectivity index (χ3n) is 3.52. The van der Waals surface area contributed by atoms with Crippen molar-refractivity contribution in [1.29, 1.82) is 0 Å². The smallest absolute Gasteiger partial charge is 0.257 e. The maximum Gasteiger partial charge on any atom is 0.257 e. The number of aliphatic hydroxyl groups excluding tert-OH is 1. The number of rotatable bonds is 9. The summed E-state index contributed by atoms with van der Waals surface area (Å²) >= 11 is 6.07. The minimum atomic E-state index is -0.222. The van der Waals surface area contributed by atoms with Crippen molar-refractivity contribution in [3.05, 3.63) is 58.6 Å². The molecule has 0 aromatic heterocycles. The van der Waals surface area contributed by atoms with E-state index in [-0.39, 0.29) is 19.1 Å². The Hall–Kier alpha value is -2.24. The second-order valence-corrected chi connectivity index (χ2v) is 5.76. The van der Waals surface area contributed by atoms with Crippen molar-refractivity contribution in [1.82, 2.24) is 5.32 Å². The molecular formula is C19H22ClNO4. The molecule has 0 aliphatic carbocycles. The topological polar surface area (TPSA) is 67.8 Å². The Morgan fingerprint density at radius 1 is 1.16 bits per heavy atom. The van der Waals surface area contributed by atoms with Crippen LogP contribution in [0.4, 0.5) is 0 Å². The first kappa shape index (κ1) is 19.1. The van der Waals surface area contributed by atoms with Gasteiger partial charge in [-0.15, -0.1) is 0 Å². The molecule has 1 amide bonds. The third-order valence-corrected chi connectivity index (χ3v) is 3.87. The molecule has 0 radical (unpaired) electrons. The zero-order valence-corrected chi connectivity index (χ0v) is 14.9. The SMILES string of the molecule is CCOc1cc(CO)c(Cl)cc1OCC(=O)NCCc1ccccc1. The van der Waals surface area contributed by atoms with Crippen LogP contribution in [0.3, 0.4) is 0 Å². The average molecular weight is 364 g/mol. The van der Waals surface area contributed by atoms with Gasteiger partial charge in [-0.3, -0.25) is 4.79 Å². The molecule has 2 aromatic rings. The number of halogens is 1. The minimum absolute atomic E-state index is 0.135. The van der Waals surface area contributed by atoms with E-state index < -0.39 is 0 Å². The van der Waals surface area contributed by atoms with Crippen molar-refractivity contribution in [2.75, 3.05) is 19.8 Å². The van der Waals surface area contributed by atoms with Crippen molar-refractivity contribution in [2.45, 2.75) is 20.0 Å². The number of carbonyl (C=O) groups is 1. The zero-order valence-electron chi connectivity index (χ0n) is 14.1. The van der Waals surface area contributed by atoms with Gasteiger partial charge in [0.1, 0.15) is 0 Å². The van der Waals surface area contributed by atoms with Crippen molar-refractivity contribution in [3.63, 3.8) is 0 Å². The van der Waals surface area contributed by atoms with E-state index in [1.54, 1.807) is 12.1 Å². The molecule has 0 spiro atoms. The fraction of sp³-hybridized carbons (Fsp3) is 0.316. The first-order valence-electron chi connectivity index (χ1n) is 8.13. The molecule has 0 aliphatic rings. The largest absolute Gasteiger partial charge is 0.490 e. The molecule has 0 bridgehead atoms. The molecule has 2 rings (SSSR count). The quantitative estimate of drug-likeness (QED) is 0.718. The molecule has 134 valence electrons. The molecule has 0 fully saturated rings. The van der Waals surface area contributed by atoms with Crippen LogP contribution >= 0.6 is 11.6 Å². The number of hydrogen-bond acceptors (Lipinski definition) is 4. The van der Waals surface area contributed by atoms with Gasteiger partial charge < -0.3 is 19.9 Å². The van der Waals surface area contributed by atoms with Crippen LogP contribution in [-0.4, -0.2) is 30.8 Å². The maximum absolute atomic E-state index is 11.9. The van der Waals surface area contributed by atoms with Gasteiger partial charge in [-0.25, -0.2) is 0 Å². The lowest BCUT2D eigenvalue weighted by atomic mass is 10.1. The highest BCUT2D eigenvalue weighted by molar-refractivity contribution is 6.31. The van der Waals surface area contributed by atoms with Crippen LogP contribution in [0.25, 0.3) is 0 Å². The Bertz CT molecular complexity index is 691. The monoisotopic (exact) mass is 363 g/mol. The molecule has 2 aromatic carbocycles. The van der Waals surface area contributed by atoms with Crippen LogP contribution in [0.5, 0.6) is 11.5 Å². The van der Waals surface area contributed by atoms with Gasteiger partial charge in [-0.1, -0.05) is 41.9 Å². The second kappa shape index (κ2) is 9.91. The predicted molar refractivity (Wildman–Crippen MR) is 97.2 cm³/mol. The normalized spacial score (nSPS) is 10.4. The van der Waals surface area contributed by atoms with Crippen LogP contribution < -0.4 is 14.8 Å². The van der Waals surface area contributed by atoms with Crippen molar-refractivity contribution in [3.8, 4) is 11.5 Å². The highest BCUT2D eigenvalue weighted by Crippen LogP contribution is 2.33. The lowest BCUT2D eigenvalue weighted by Crippen LogP contribution is -2.30. The van der Waals surface area contributed by atoms with Crippen molar-refractivity contribution in [2.24, 2.45) is 0 Å². The van der Waals surface area contributed by atoms with Gasteiger partial charge in [0.2, 0.25) is 0 Å². The zero-order chi connectivity index (χ0) is 18.1. The summed E-state index contributed by atoms with van der Waals surface area (Å²) in [6.07, 6.45) is 0.758. The van der Waals surface area contributed by atoms with Crippen molar-refractivity contribution >= 4 is 17.5 Å². The van der Waals surface area contributed by atoms with E-state index in [0.717, 1.165) is 12.0 Å². The third kappa shape index (κ3) is 5.96. The van der Waals surface area contributed by atoms with Crippen LogP contribution in [-0.2, 0) is 17.8 Å². The summed E-state index contributed by atoms with van der Waals surface area (Å²) in [6.45, 7) is 2.48. The Morgan fingerprint density at radius 2 is 1.88 bits per heavy atom. The lowest BCUT2D eigenvalue weighted by molar-refractivity contribution is -0.123. The first-order chi connectivity index (χ1) is 12.1. The van der Waals surface area contributed by atoms with Crippen LogP contribution in [0.1, 0.15) is 18.1 Å². The number of hydrogen-bond donors (Lipinski definition) is 2. The number of carbonyl (C=O) groups excluding carboxylic acids is 1. The molecule has 0 unspecified atom stereocenters.